The summed E-state index contributed by atoms with van der Waals surface area (Å²) in [7, 11) is -0.678. The van der Waals surface area contributed by atoms with Gasteiger partial charge in [-0.25, -0.2) is 8.42 Å². The van der Waals surface area contributed by atoms with Crippen LogP contribution in [0.1, 0.15) is 5.56 Å². The van der Waals surface area contributed by atoms with E-state index in [-0.39, 0.29) is 17.2 Å². The summed E-state index contributed by atoms with van der Waals surface area (Å²) in [5, 5.41) is 2.76. The molecule has 7 nitrogen and oxygen atoms in total. The number of rotatable bonds is 8. The van der Waals surface area contributed by atoms with Gasteiger partial charge in [-0.3, -0.25) is 9.52 Å². The lowest BCUT2D eigenvalue weighted by Crippen LogP contribution is -2.15. The Bertz CT molecular complexity index is 1110. The molecular formula is C22H22N2O5S. The normalized spacial score (nSPS) is 10.9. The summed E-state index contributed by atoms with van der Waals surface area (Å²) in [4.78, 5) is 12.3. The van der Waals surface area contributed by atoms with Gasteiger partial charge in [0.25, 0.3) is 10.0 Å². The Morgan fingerprint density at radius 2 is 1.50 bits per heavy atom. The van der Waals surface area contributed by atoms with E-state index >= 15 is 0 Å². The van der Waals surface area contributed by atoms with E-state index in [2.05, 4.69) is 10.0 Å². The summed E-state index contributed by atoms with van der Waals surface area (Å²) in [6, 6.07) is 19.8. The molecule has 0 unspecified atom stereocenters. The Labute approximate surface area is 175 Å². The van der Waals surface area contributed by atoms with E-state index in [1.807, 2.05) is 12.1 Å². The highest BCUT2D eigenvalue weighted by atomic mass is 32.2. The van der Waals surface area contributed by atoms with Crippen LogP contribution in [0.3, 0.4) is 0 Å². The molecular weight excluding hydrogens is 404 g/mol. The molecule has 0 aliphatic carbocycles. The van der Waals surface area contributed by atoms with Crippen molar-refractivity contribution in [1.29, 1.82) is 0 Å². The van der Waals surface area contributed by atoms with E-state index in [1.165, 1.54) is 19.2 Å². The zero-order valence-electron chi connectivity index (χ0n) is 16.6. The fraction of sp³-hybridized carbons (Fsp3) is 0.136. The number of benzene rings is 3. The third kappa shape index (κ3) is 5.51. The molecule has 0 saturated carbocycles. The lowest BCUT2D eigenvalue weighted by molar-refractivity contribution is -0.115. The van der Waals surface area contributed by atoms with Crippen molar-refractivity contribution >= 4 is 27.3 Å². The number of amides is 1. The van der Waals surface area contributed by atoms with Gasteiger partial charge in [0.2, 0.25) is 5.91 Å². The third-order valence-electron chi connectivity index (χ3n) is 4.29. The molecule has 3 aromatic rings. The molecule has 0 spiro atoms. The van der Waals surface area contributed by atoms with Gasteiger partial charge in [0.15, 0.2) is 0 Å². The van der Waals surface area contributed by atoms with Crippen LogP contribution < -0.4 is 19.5 Å². The quantitative estimate of drug-likeness (QED) is 0.573. The average molecular weight is 426 g/mol. The molecule has 8 heteroatoms. The predicted octanol–water partition coefficient (Wildman–Crippen LogP) is 3.69. The van der Waals surface area contributed by atoms with Crippen LogP contribution in [-0.2, 0) is 21.2 Å². The first-order valence-corrected chi connectivity index (χ1v) is 10.6. The summed E-state index contributed by atoms with van der Waals surface area (Å²) in [5.41, 5.74) is 1.75. The van der Waals surface area contributed by atoms with Crippen LogP contribution in [0.5, 0.6) is 11.5 Å². The van der Waals surface area contributed by atoms with Gasteiger partial charge >= 0.3 is 0 Å². The fourth-order valence-corrected chi connectivity index (χ4v) is 3.80. The van der Waals surface area contributed by atoms with E-state index < -0.39 is 10.0 Å². The number of hydrogen-bond donors (Lipinski definition) is 2. The maximum Gasteiger partial charge on any atom is 0.261 e. The number of sulfonamides is 1. The van der Waals surface area contributed by atoms with Gasteiger partial charge in [-0.2, -0.15) is 0 Å². The van der Waals surface area contributed by atoms with E-state index in [0.717, 1.165) is 11.3 Å². The molecule has 3 aromatic carbocycles. The predicted molar refractivity (Wildman–Crippen MR) is 116 cm³/mol. The minimum absolute atomic E-state index is 0.0819. The van der Waals surface area contributed by atoms with E-state index in [4.69, 9.17) is 9.47 Å². The van der Waals surface area contributed by atoms with Crippen molar-refractivity contribution in [2.45, 2.75) is 11.3 Å². The summed E-state index contributed by atoms with van der Waals surface area (Å²) >= 11 is 0. The van der Waals surface area contributed by atoms with Crippen molar-refractivity contribution in [2.75, 3.05) is 24.3 Å². The molecule has 2 N–H and O–H groups in total. The fourth-order valence-electron chi connectivity index (χ4n) is 2.75. The Morgan fingerprint density at radius 1 is 0.833 bits per heavy atom. The van der Waals surface area contributed by atoms with Gasteiger partial charge in [0.1, 0.15) is 11.5 Å². The highest BCUT2D eigenvalue weighted by Crippen LogP contribution is 2.22. The summed E-state index contributed by atoms with van der Waals surface area (Å²) < 4.78 is 37.9. The second kappa shape index (κ2) is 9.32. The summed E-state index contributed by atoms with van der Waals surface area (Å²) in [6.45, 7) is 0. The topological polar surface area (TPSA) is 93.7 Å². The minimum Gasteiger partial charge on any atom is -0.497 e. The van der Waals surface area contributed by atoms with E-state index in [0.29, 0.717) is 17.1 Å². The zero-order chi connectivity index (χ0) is 21.6. The second-order valence-electron chi connectivity index (χ2n) is 6.43. The molecule has 0 atom stereocenters. The maximum atomic E-state index is 12.6. The Morgan fingerprint density at radius 3 is 2.13 bits per heavy atom. The molecule has 0 aliphatic rings. The monoisotopic (exact) mass is 426 g/mol. The van der Waals surface area contributed by atoms with Crippen molar-refractivity contribution in [3.05, 3.63) is 78.4 Å². The van der Waals surface area contributed by atoms with Crippen LogP contribution in [-0.4, -0.2) is 28.5 Å². The third-order valence-corrected chi connectivity index (χ3v) is 5.69. The lowest BCUT2D eigenvalue weighted by atomic mass is 10.1. The Hall–Kier alpha value is -3.52. The smallest absolute Gasteiger partial charge is 0.261 e. The van der Waals surface area contributed by atoms with Crippen molar-refractivity contribution in [1.82, 2.24) is 0 Å². The van der Waals surface area contributed by atoms with Crippen molar-refractivity contribution in [2.24, 2.45) is 0 Å². The zero-order valence-corrected chi connectivity index (χ0v) is 17.4. The van der Waals surface area contributed by atoms with Gasteiger partial charge in [-0.05, 0) is 54.1 Å². The van der Waals surface area contributed by atoms with Crippen LogP contribution in [0.2, 0.25) is 0 Å². The highest BCUT2D eigenvalue weighted by Gasteiger charge is 2.15. The minimum atomic E-state index is -3.77. The number of nitrogens with one attached hydrogen (secondary N) is 2. The van der Waals surface area contributed by atoms with Crippen LogP contribution in [0.15, 0.2) is 77.7 Å². The van der Waals surface area contributed by atoms with Crippen molar-refractivity contribution in [3.63, 3.8) is 0 Å². The first kappa shape index (κ1) is 21.2. The van der Waals surface area contributed by atoms with Crippen LogP contribution >= 0.6 is 0 Å². The molecule has 0 bridgehead atoms. The molecule has 0 heterocycles. The first-order chi connectivity index (χ1) is 14.4. The van der Waals surface area contributed by atoms with Gasteiger partial charge in [0.05, 0.1) is 31.2 Å². The Balaban J connectivity index is 1.63. The molecule has 0 fully saturated rings. The van der Waals surface area contributed by atoms with Crippen LogP contribution in [0, 0.1) is 0 Å². The Kier molecular flexibility index (Phi) is 6.58. The molecule has 0 radical (unpaired) electrons. The van der Waals surface area contributed by atoms with Crippen molar-refractivity contribution in [3.8, 4) is 11.5 Å². The van der Waals surface area contributed by atoms with E-state index in [1.54, 1.807) is 55.6 Å². The van der Waals surface area contributed by atoms with Gasteiger partial charge < -0.3 is 14.8 Å². The number of carbonyl (C=O) groups is 1. The number of methoxy groups -OCH3 is 2. The van der Waals surface area contributed by atoms with Crippen LogP contribution in [0.4, 0.5) is 11.4 Å². The number of hydrogen-bond acceptors (Lipinski definition) is 5. The first-order valence-electron chi connectivity index (χ1n) is 9.09. The molecule has 0 aliphatic heterocycles. The summed E-state index contributed by atoms with van der Waals surface area (Å²) in [6.07, 6.45) is 0.196. The van der Waals surface area contributed by atoms with Gasteiger partial charge in [0, 0.05) is 11.8 Å². The molecule has 3 rings (SSSR count). The van der Waals surface area contributed by atoms with Gasteiger partial charge in [-0.15, -0.1) is 0 Å². The number of carbonyl (C=O) groups excluding carboxylic acids is 1. The van der Waals surface area contributed by atoms with Crippen molar-refractivity contribution < 1.29 is 22.7 Å². The summed E-state index contributed by atoms with van der Waals surface area (Å²) in [5.74, 6) is 1.06. The largest absolute Gasteiger partial charge is 0.497 e. The SMILES string of the molecule is COc1ccc(CC(=O)Nc2ccc(S(=O)(=O)Nc3cccc(OC)c3)cc2)cc1. The molecule has 156 valence electrons. The molecule has 0 saturated heterocycles. The number of anilines is 2. The highest BCUT2D eigenvalue weighted by molar-refractivity contribution is 7.92. The molecule has 1 amide bonds. The second-order valence-corrected chi connectivity index (χ2v) is 8.12. The number of ether oxygens (including phenoxy) is 2. The molecule has 0 aromatic heterocycles. The standard InChI is InChI=1S/C22H22N2O5S/c1-28-19-10-6-16(7-11-19)14-22(25)23-17-8-12-21(13-9-17)30(26,27)24-18-4-3-5-20(15-18)29-2/h3-13,15,24H,14H2,1-2H3,(H,23,25). The van der Waals surface area contributed by atoms with Gasteiger partial charge in [-0.1, -0.05) is 18.2 Å². The maximum absolute atomic E-state index is 12.6. The average Bonchev–Trinajstić information content (AvgIpc) is 2.74. The van der Waals surface area contributed by atoms with E-state index in [9.17, 15) is 13.2 Å². The van der Waals surface area contributed by atoms with Crippen LogP contribution in [0.25, 0.3) is 0 Å². The lowest BCUT2D eigenvalue weighted by Gasteiger charge is -2.10. The molecule has 30 heavy (non-hydrogen) atoms.